The first-order valence-electron chi connectivity index (χ1n) is 8.04. The highest BCUT2D eigenvalue weighted by Crippen LogP contribution is 2.29. The second-order valence-electron chi connectivity index (χ2n) is 5.94. The third kappa shape index (κ3) is 5.34. The summed E-state index contributed by atoms with van der Waals surface area (Å²) < 4.78 is 11.0. The molecule has 0 saturated heterocycles. The van der Waals surface area contributed by atoms with Crippen LogP contribution in [0.2, 0.25) is 0 Å². The average molecular weight is 344 g/mol. The fourth-order valence-electron chi connectivity index (χ4n) is 2.18. The van der Waals surface area contributed by atoms with Gasteiger partial charge in [0.05, 0.1) is 19.8 Å². The second kappa shape index (κ2) is 8.32. The zero-order chi connectivity index (χ0) is 18.4. The first-order valence-corrected chi connectivity index (χ1v) is 8.04. The van der Waals surface area contributed by atoms with Gasteiger partial charge < -0.3 is 14.4 Å². The normalized spacial score (nSPS) is 11.1. The summed E-state index contributed by atoms with van der Waals surface area (Å²) >= 11 is 0. The van der Waals surface area contributed by atoms with Crippen LogP contribution in [0.4, 0.5) is 0 Å². The highest BCUT2D eigenvalue weighted by molar-refractivity contribution is 5.91. The molecule has 0 aliphatic carbocycles. The number of rotatable bonds is 7. The fourth-order valence-corrected chi connectivity index (χ4v) is 2.18. The van der Waals surface area contributed by atoms with Crippen molar-refractivity contribution in [2.24, 2.45) is 0 Å². The van der Waals surface area contributed by atoms with Gasteiger partial charge in [-0.2, -0.15) is 5.10 Å². The van der Waals surface area contributed by atoms with Gasteiger partial charge in [-0.05, 0) is 44.5 Å². The molecule has 0 saturated carbocycles. The van der Waals surface area contributed by atoms with Crippen LogP contribution in [0.3, 0.4) is 0 Å². The molecule has 1 aromatic heterocycles. The van der Waals surface area contributed by atoms with Crippen molar-refractivity contribution >= 4 is 12.0 Å². The smallest absolute Gasteiger partial charge is 0.246 e. The van der Waals surface area contributed by atoms with Crippen LogP contribution in [-0.2, 0) is 11.3 Å². The van der Waals surface area contributed by atoms with Gasteiger partial charge in [0.1, 0.15) is 5.82 Å². The largest absolute Gasteiger partial charge is 0.493 e. The molecule has 1 amide bonds. The lowest BCUT2D eigenvalue weighted by molar-refractivity contribution is -0.125. The SMILES string of the molecule is COc1cc(C=CC(=O)N(C)Cc2n[nH]c(C)n2)ccc1OC(C)C. The number of ether oxygens (including phenoxy) is 2. The Labute approximate surface area is 147 Å². The molecule has 0 unspecified atom stereocenters. The predicted octanol–water partition coefficient (Wildman–Crippen LogP) is 2.58. The molecule has 0 spiro atoms. The van der Waals surface area contributed by atoms with Crippen molar-refractivity contribution < 1.29 is 14.3 Å². The number of aryl methyl sites for hydroxylation is 1. The summed E-state index contributed by atoms with van der Waals surface area (Å²) in [5.41, 5.74) is 0.850. The van der Waals surface area contributed by atoms with Crippen LogP contribution in [-0.4, -0.2) is 46.2 Å². The van der Waals surface area contributed by atoms with Crippen molar-refractivity contribution in [1.29, 1.82) is 0 Å². The topological polar surface area (TPSA) is 80.3 Å². The summed E-state index contributed by atoms with van der Waals surface area (Å²) in [4.78, 5) is 18.0. The van der Waals surface area contributed by atoms with E-state index < -0.39 is 0 Å². The van der Waals surface area contributed by atoms with E-state index in [1.54, 1.807) is 25.1 Å². The van der Waals surface area contributed by atoms with Crippen LogP contribution in [0.1, 0.15) is 31.1 Å². The van der Waals surface area contributed by atoms with Crippen LogP contribution < -0.4 is 9.47 Å². The summed E-state index contributed by atoms with van der Waals surface area (Å²) in [7, 11) is 3.30. The van der Waals surface area contributed by atoms with E-state index in [-0.39, 0.29) is 12.0 Å². The Hall–Kier alpha value is -2.83. The van der Waals surface area contributed by atoms with Gasteiger partial charge >= 0.3 is 0 Å². The summed E-state index contributed by atoms with van der Waals surface area (Å²) in [6.45, 7) is 6.07. The lowest BCUT2D eigenvalue weighted by atomic mass is 10.2. The Morgan fingerprint density at radius 3 is 2.72 bits per heavy atom. The monoisotopic (exact) mass is 344 g/mol. The van der Waals surface area contributed by atoms with Crippen molar-refractivity contribution in [3.05, 3.63) is 41.5 Å². The maximum absolute atomic E-state index is 12.2. The summed E-state index contributed by atoms with van der Waals surface area (Å²) in [6.07, 6.45) is 3.31. The van der Waals surface area contributed by atoms with E-state index in [1.165, 1.54) is 6.08 Å². The Balaban J connectivity index is 2.03. The number of aromatic amines is 1. The van der Waals surface area contributed by atoms with Crippen molar-refractivity contribution in [3.63, 3.8) is 0 Å². The number of methoxy groups -OCH3 is 1. The first-order chi connectivity index (χ1) is 11.9. The first kappa shape index (κ1) is 18.5. The average Bonchev–Trinajstić information content (AvgIpc) is 2.97. The van der Waals surface area contributed by atoms with Crippen LogP contribution in [0, 0.1) is 6.92 Å². The maximum atomic E-state index is 12.2. The van der Waals surface area contributed by atoms with Crippen molar-refractivity contribution in [1.82, 2.24) is 20.1 Å². The Bertz CT molecular complexity index is 753. The number of nitrogens with zero attached hydrogens (tertiary/aromatic N) is 3. The van der Waals surface area contributed by atoms with E-state index in [0.717, 1.165) is 11.4 Å². The number of H-pyrrole nitrogens is 1. The molecule has 0 radical (unpaired) electrons. The van der Waals surface area contributed by atoms with Crippen molar-refractivity contribution in [3.8, 4) is 11.5 Å². The number of carbonyl (C=O) groups is 1. The molecule has 0 bridgehead atoms. The van der Waals surface area contributed by atoms with Gasteiger partial charge in [0, 0.05) is 13.1 Å². The molecular formula is C18H24N4O3. The molecule has 7 nitrogen and oxygen atoms in total. The fraction of sp³-hybridized carbons (Fsp3) is 0.389. The molecule has 0 fully saturated rings. The highest BCUT2D eigenvalue weighted by Gasteiger charge is 2.10. The quantitative estimate of drug-likeness (QED) is 0.781. The number of nitrogens with one attached hydrogen (secondary N) is 1. The molecule has 1 aromatic carbocycles. The van der Waals surface area contributed by atoms with Gasteiger partial charge in [0.25, 0.3) is 0 Å². The molecule has 1 heterocycles. The molecule has 134 valence electrons. The maximum Gasteiger partial charge on any atom is 0.246 e. The third-order valence-corrected chi connectivity index (χ3v) is 3.37. The molecule has 2 rings (SSSR count). The van der Waals surface area contributed by atoms with Gasteiger partial charge in [-0.3, -0.25) is 9.89 Å². The Morgan fingerprint density at radius 2 is 2.12 bits per heavy atom. The number of hydrogen-bond acceptors (Lipinski definition) is 5. The predicted molar refractivity (Wildman–Crippen MR) is 95.4 cm³/mol. The van der Waals surface area contributed by atoms with E-state index in [1.807, 2.05) is 39.0 Å². The van der Waals surface area contributed by atoms with Gasteiger partial charge in [0.15, 0.2) is 17.3 Å². The molecule has 0 atom stereocenters. The van der Waals surface area contributed by atoms with Crippen molar-refractivity contribution in [2.75, 3.05) is 14.2 Å². The van der Waals surface area contributed by atoms with Crippen LogP contribution >= 0.6 is 0 Å². The van der Waals surface area contributed by atoms with E-state index >= 15 is 0 Å². The Kier molecular flexibility index (Phi) is 6.16. The summed E-state index contributed by atoms with van der Waals surface area (Å²) in [5.74, 6) is 2.48. The van der Waals surface area contributed by atoms with E-state index in [4.69, 9.17) is 9.47 Å². The zero-order valence-electron chi connectivity index (χ0n) is 15.2. The molecule has 25 heavy (non-hydrogen) atoms. The third-order valence-electron chi connectivity index (χ3n) is 3.37. The molecule has 0 aliphatic rings. The number of hydrogen-bond donors (Lipinski definition) is 1. The van der Waals surface area contributed by atoms with Crippen molar-refractivity contribution in [2.45, 2.75) is 33.4 Å². The molecular weight excluding hydrogens is 320 g/mol. The molecule has 0 aliphatic heterocycles. The van der Waals surface area contributed by atoms with E-state index in [9.17, 15) is 4.79 Å². The molecule has 7 heteroatoms. The van der Waals surface area contributed by atoms with Crippen LogP contribution in [0.15, 0.2) is 24.3 Å². The number of amides is 1. The minimum atomic E-state index is -0.135. The van der Waals surface area contributed by atoms with Gasteiger partial charge in [-0.25, -0.2) is 4.98 Å². The van der Waals surface area contributed by atoms with Gasteiger partial charge in [-0.1, -0.05) is 6.07 Å². The summed E-state index contributed by atoms with van der Waals surface area (Å²) in [5, 5.41) is 6.79. The highest BCUT2D eigenvalue weighted by atomic mass is 16.5. The minimum absolute atomic E-state index is 0.0600. The Morgan fingerprint density at radius 1 is 1.36 bits per heavy atom. The second-order valence-corrected chi connectivity index (χ2v) is 5.94. The minimum Gasteiger partial charge on any atom is -0.493 e. The van der Waals surface area contributed by atoms with Gasteiger partial charge in [0.2, 0.25) is 5.91 Å². The standard InChI is InChI=1S/C18H24N4O3/c1-12(2)25-15-8-6-14(10-16(15)24-5)7-9-18(23)22(4)11-17-19-13(3)20-21-17/h6-10,12H,11H2,1-5H3,(H,19,20,21). The molecule has 1 N–H and O–H groups in total. The number of benzene rings is 1. The lowest BCUT2D eigenvalue weighted by Gasteiger charge is -2.14. The van der Waals surface area contributed by atoms with E-state index in [2.05, 4.69) is 15.2 Å². The number of carbonyl (C=O) groups excluding carboxylic acids is 1. The lowest BCUT2D eigenvalue weighted by Crippen LogP contribution is -2.24. The van der Waals surface area contributed by atoms with Crippen LogP contribution in [0.5, 0.6) is 11.5 Å². The van der Waals surface area contributed by atoms with Crippen LogP contribution in [0.25, 0.3) is 6.08 Å². The van der Waals surface area contributed by atoms with Gasteiger partial charge in [-0.15, -0.1) is 0 Å². The van der Waals surface area contributed by atoms with E-state index in [0.29, 0.717) is 23.9 Å². The summed E-state index contributed by atoms with van der Waals surface area (Å²) in [6, 6.07) is 5.55. The zero-order valence-corrected chi connectivity index (χ0v) is 15.2. The number of likely N-dealkylation sites (N-methyl/N-ethyl adjacent to an activating group) is 1. The number of aromatic nitrogens is 3. The molecule has 2 aromatic rings.